The van der Waals surface area contributed by atoms with Crippen molar-refractivity contribution in [2.24, 2.45) is 0 Å². The number of aromatic nitrogens is 4. The number of nitrogens with two attached hydrogens (primary N) is 1. The second-order valence-electron chi connectivity index (χ2n) is 3.40. The monoisotopic (exact) mass is 241 g/mol. The van der Waals surface area contributed by atoms with E-state index in [0.717, 1.165) is 17.0 Å². The van der Waals surface area contributed by atoms with Gasteiger partial charge in [-0.1, -0.05) is 19.9 Å². The minimum absolute atomic E-state index is 0.455. The third-order valence-electron chi connectivity index (χ3n) is 2.37. The lowest BCUT2D eigenvalue weighted by atomic mass is 10.3. The Kier molecular flexibility index (Phi) is 3.52. The average molecular weight is 241 g/mol. The van der Waals surface area contributed by atoms with Gasteiger partial charge in [-0.25, -0.2) is 15.0 Å². The van der Waals surface area contributed by atoms with E-state index in [1.54, 1.807) is 12.3 Å². The Morgan fingerprint density at radius 3 is 2.72 bits per heavy atom. The Labute approximate surface area is 105 Å². The molecule has 0 spiro atoms. The van der Waals surface area contributed by atoms with E-state index < -0.39 is 0 Å². The molecule has 0 aliphatic rings. The lowest BCUT2D eigenvalue weighted by Crippen LogP contribution is -1.94. The summed E-state index contributed by atoms with van der Waals surface area (Å²) in [7, 11) is 0. The number of fused-ring (bicyclic) bond motifs is 1. The highest BCUT2D eigenvalue weighted by Crippen LogP contribution is 2.18. The van der Waals surface area contributed by atoms with Gasteiger partial charge in [0.15, 0.2) is 0 Å². The molecule has 0 aliphatic heterocycles. The van der Waals surface area contributed by atoms with Crippen LogP contribution in [-0.4, -0.2) is 19.4 Å². The third-order valence-corrected chi connectivity index (χ3v) is 2.37. The van der Waals surface area contributed by atoms with Crippen LogP contribution in [0, 0.1) is 0 Å². The van der Waals surface area contributed by atoms with E-state index in [4.69, 9.17) is 5.73 Å². The van der Waals surface area contributed by atoms with Crippen molar-refractivity contribution in [1.82, 2.24) is 19.4 Å². The Bertz CT molecular complexity index is 644. The number of nitrogen functional groups attached to an aromatic ring is 1. The third kappa shape index (κ3) is 2.15. The van der Waals surface area contributed by atoms with E-state index >= 15 is 0 Å². The Balaban J connectivity index is 0.000000574. The molecule has 0 saturated carbocycles. The van der Waals surface area contributed by atoms with Crippen molar-refractivity contribution in [1.29, 1.82) is 0 Å². The summed E-state index contributed by atoms with van der Waals surface area (Å²) in [6, 6.07) is 7.56. The smallest absolute Gasteiger partial charge is 0.137 e. The number of nitrogens with zero attached hydrogens (tertiary/aromatic N) is 4. The fourth-order valence-electron chi connectivity index (χ4n) is 1.63. The van der Waals surface area contributed by atoms with Crippen molar-refractivity contribution in [2.45, 2.75) is 13.8 Å². The van der Waals surface area contributed by atoms with Crippen LogP contribution in [0.15, 0.2) is 43.0 Å². The summed E-state index contributed by atoms with van der Waals surface area (Å²) in [5, 5.41) is 0. The van der Waals surface area contributed by atoms with Crippen LogP contribution in [0.5, 0.6) is 0 Å². The Morgan fingerprint density at radius 2 is 1.94 bits per heavy atom. The second kappa shape index (κ2) is 5.27. The molecule has 3 aromatic rings. The zero-order chi connectivity index (χ0) is 13.0. The number of hydrogen-bond donors (Lipinski definition) is 1. The highest BCUT2D eigenvalue weighted by Gasteiger charge is 2.06. The van der Waals surface area contributed by atoms with Gasteiger partial charge in [0, 0.05) is 12.3 Å². The first-order valence-electron chi connectivity index (χ1n) is 5.84. The predicted molar refractivity (Wildman–Crippen MR) is 72.0 cm³/mol. The van der Waals surface area contributed by atoms with Crippen molar-refractivity contribution in [2.75, 3.05) is 5.73 Å². The number of imidazole rings is 1. The van der Waals surface area contributed by atoms with Gasteiger partial charge in [-0.2, -0.15) is 0 Å². The summed E-state index contributed by atoms with van der Waals surface area (Å²) in [5.74, 6) is 0.455. The summed E-state index contributed by atoms with van der Waals surface area (Å²) >= 11 is 0. The molecular formula is C13H15N5. The lowest BCUT2D eigenvalue weighted by molar-refractivity contribution is 1.13. The van der Waals surface area contributed by atoms with E-state index in [-0.39, 0.29) is 0 Å². The number of pyridine rings is 1. The van der Waals surface area contributed by atoms with E-state index in [2.05, 4.69) is 15.0 Å². The van der Waals surface area contributed by atoms with Gasteiger partial charge >= 0.3 is 0 Å². The molecule has 0 amide bonds. The predicted octanol–water partition coefficient (Wildman–Crippen LogP) is 2.40. The maximum Gasteiger partial charge on any atom is 0.137 e. The fourth-order valence-corrected chi connectivity index (χ4v) is 1.63. The second-order valence-corrected chi connectivity index (χ2v) is 3.40. The van der Waals surface area contributed by atoms with Crippen LogP contribution in [0.3, 0.4) is 0 Å². The van der Waals surface area contributed by atoms with Crippen LogP contribution >= 0.6 is 0 Å². The topological polar surface area (TPSA) is 69.1 Å². The normalized spacial score (nSPS) is 9.89. The van der Waals surface area contributed by atoms with E-state index in [1.165, 1.54) is 6.33 Å². The van der Waals surface area contributed by atoms with Gasteiger partial charge in [0.1, 0.15) is 17.8 Å². The van der Waals surface area contributed by atoms with Crippen LogP contribution in [0.1, 0.15) is 13.8 Å². The first-order chi connectivity index (χ1) is 8.84. The highest BCUT2D eigenvalue weighted by molar-refractivity contribution is 5.61. The molecular weight excluding hydrogens is 226 g/mol. The zero-order valence-corrected chi connectivity index (χ0v) is 10.4. The largest absolute Gasteiger partial charge is 0.384 e. The van der Waals surface area contributed by atoms with Crippen molar-refractivity contribution >= 4 is 11.5 Å². The minimum Gasteiger partial charge on any atom is -0.384 e. The molecule has 3 heterocycles. The van der Waals surface area contributed by atoms with Crippen molar-refractivity contribution in [3.8, 4) is 11.4 Å². The molecule has 92 valence electrons. The molecule has 2 N–H and O–H groups in total. The van der Waals surface area contributed by atoms with Gasteiger partial charge < -0.3 is 5.73 Å². The summed E-state index contributed by atoms with van der Waals surface area (Å²) in [5.41, 5.74) is 8.19. The number of anilines is 1. The summed E-state index contributed by atoms with van der Waals surface area (Å²) in [4.78, 5) is 12.3. The molecule has 18 heavy (non-hydrogen) atoms. The Morgan fingerprint density at radius 1 is 1.11 bits per heavy atom. The molecule has 0 bridgehead atoms. The molecule has 5 heteroatoms. The quantitative estimate of drug-likeness (QED) is 0.710. The minimum atomic E-state index is 0.455. The van der Waals surface area contributed by atoms with E-state index in [9.17, 15) is 0 Å². The van der Waals surface area contributed by atoms with Gasteiger partial charge in [0.2, 0.25) is 0 Å². The van der Waals surface area contributed by atoms with Crippen molar-refractivity contribution < 1.29 is 0 Å². The van der Waals surface area contributed by atoms with Crippen molar-refractivity contribution in [3.05, 3.63) is 43.0 Å². The molecule has 5 nitrogen and oxygen atoms in total. The zero-order valence-electron chi connectivity index (χ0n) is 10.4. The van der Waals surface area contributed by atoms with E-state index in [1.807, 2.05) is 42.6 Å². The van der Waals surface area contributed by atoms with Gasteiger partial charge in [-0.3, -0.25) is 4.40 Å². The molecule has 0 aliphatic carbocycles. The first kappa shape index (κ1) is 12.0. The molecule has 0 unspecified atom stereocenters. The van der Waals surface area contributed by atoms with Crippen LogP contribution in [-0.2, 0) is 0 Å². The van der Waals surface area contributed by atoms with Crippen LogP contribution in [0.25, 0.3) is 17.0 Å². The van der Waals surface area contributed by atoms with Gasteiger partial charge in [0.05, 0.1) is 17.6 Å². The molecule has 0 aromatic carbocycles. The fraction of sp³-hybridized carbons (Fsp3) is 0.154. The van der Waals surface area contributed by atoms with Gasteiger partial charge in [-0.15, -0.1) is 0 Å². The standard InChI is InChI=1S/C11H9N5.C2H6/c12-10-5-8(14-7-15-10)9-6-13-11-3-1-2-4-16(9)11;1-2/h1-7H,(H2,12,14,15);1-2H3. The van der Waals surface area contributed by atoms with Crippen LogP contribution in [0.2, 0.25) is 0 Å². The maximum atomic E-state index is 5.63. The highest BCUT2D eigenvalue weighted by atomic mass is 15.0. The summed E-state index contributed by atoms with van der Waals surface area (Å²) < 4.78 is 1.96. The summed E-state index contributed by atoms with van der Waals surface area (Å²) in [6.45, 7) is 4.00. The molecule has 0 fully saturated rings. The molecule has 0 radical (unpaired) electrons. The Hall–Kier alpha value is -2.43. The SMILES string of the molecule is CC.Nc1cc(-c2cnc3ccccn23)ncn1. The molecule has 0 atom stereocenters. The molecule has 3 aromatic heterocycles. The van der Waals surface area contributed by atoms with Crippen LogP contribution < -0.4 is 5.73 Å². The molecule has 3 rings (SSSR count). The summed E-state index contributed by atoms with van der Waals surface area (Å²) in [6.07, 6.45) is 5.17. The van der Waals surface area contributed by atoms with Gasteiger partial charge in [0.25, 0.3) is 0 Å². The lowest BCUT2D eigenvalue weighted by Gasteiger charge is -2.00. The molecule has 0 saturated heterocycles. The number of rotatable bonds is 1. The maximum absolute atomic E-state index is 5.63. The number of hydrogen-bond acceptors (Lipinski definition) is 4. The van der Waals surface area contributed by atoms with Crippen LogP contribution in [0.4, 0.5) is 5.82 Å². The average Bonchev–Trinajstić information content (AvgIpc) is 2.85. The van der Waals surface area contributed by atoms with E-state index in [0.29, 0.717) is 5.82 Å². The van der Waals surface area contributed by atoms with Gasteiger partial charge in [-0.05, 0) is 12.1 Å². The first-order valence-corrected chi connectivity index (χ1v) is 5.84. The van der Waals surface area contributed by atoms with Crippen molar-refractivity contribution in [3.63, 3.8) is 0 Å².